The first kappa shape index (κ1) is 28.2. The summed E-state index contributed by atoms with van der Waals surface area (Å²) in [6, 6.07) is 8.54. The lowest BCUT2D eigenvalue weighted by Crippen LogP contribution is -2.32. The van der Waals surface area contributed by atoms with E-state index in [-0.39, 0.29) is 24.2 Å². The molecule has 4 aromatic rings. The number of rotatable bonds is 7. The van der Waals surface area contributed by atoms with Crippen molar-refractivity contribution in [2.45, 2.75) is 31.6 Å². The number of fused-ring (bicyclic) bond motifs is 2. The Kier molecular flexibility index (Phi) is 8.42. The quantitative estimate of drug-likeness (QED) is 0.265. The largest absolute Gasteiger partial charge is 0.481 e. The molecule has 0 fully saturated rings. The second-order valence-corrected chi connectivity index (χ2v) is 8.97. The van der Waals surface area contributed by atoms with Crippen LogP contribution < -0.4 is 11.3 Å². The number of nitrogens with two attached hydrogens (primary N) is 1. The SMILES string of the molecule is NC(CC(=O)O)C(=O)O.O=C(O)Cc1nn(Cc2nc3cc(C(F)(F)F)ccc3s2)c(=O)c2ccccc12. The molecule has 0 spiro atoms. The lowest BCUT2D eigenvalue weighted by atomic mass is 10.1. The number of hydrogen-bond donors (Lipinski definition) is 4. The lowest BCUT2D eigenvalue weighted by Gasteiger charge is -2.08. The summed E-state index contributed by atoms with van der Waals surface area (Å²) in [5.74, 6) is -3.59. The Morgan fingerprint density at radius 2 is 1.68 bits per heavy atom. The zero-order valence-corrected chi connectivity index (χ0v) is 20.0. The first-order valence-corrected chi connectivity index (χ1v) is 11.4. The van der Waals surface area contributed by atoms with E-state index >= 15 is 0 Å². The fraction of sp³-hybridized carbons (Fsp3) is 0.217. The van der Waals surface area contributed by atoms with Gasteiger partial charge in [-0.05, 0) is 24.3 Å². The second-order valence-electron chi connectivity index (χ2n) is 7.86. The van der Waals surface area contributed by atoms with Crippen LogP contribution in [-0.2, 0) is 33.5 Å². The molecule has 0 aliphatic heterocycles. The maximum atomic E-state index is 12.9. The van der Waals surface area contributed by atoms with Gasteiger partial charge in [0.05, 0.1) is 46.2 Å². The first-order valence-electron chi connectivity index (χ1n) is 10.6. The Hall–Kier alpha value is -4.37. The van der Waals surface area contributed by atoms with Crippen LogP contribution in [0.4, 0.5) is 13.2 Å². The highest BCUT2D eigenvalue weighted by Gasteiger charge is 2.30. The summed E-state index contributed by atoms with van der Waals surface area (Å²) < 4.78 is 40.3. The van der Waals surface area contributed by atoms with E-state index in [1.165, 1.54) is 6.07 Å². The van der Waals surface area contributed by atoms with Crippen LogP contribution in [0.5, 0.6) is 0 Å². The number of aliphatic carboxylic acids is 3. The topological polar surface area (TPSA) is 186 Å². The number of nitrogens with zero attached hydrogens (tertiary/aromatic N) is 3. The van der Waals surface area contributed by atoms with E-state index in [2.05, 4.69) is 10.1 Å². The van der Waals surface area contributed by atoms with Crippen molar-refractivity contribution < 1.29 is 42.9 Å². The zero-order chi connectivity index (χ0) is 28.2. The molecule has 0 radical (unpaired) electrons. The van der Waals surface area contributed by atoms with Crippen LogP contribution >= 0.6 is 11.3 Å². The number of thiazole rings is 1. The molecule has 38 heavy (non-hydrogen) atoms. The molecule has 0 saturated carbocycles. The van der Waals surface area contributed by atoms with Gasteiger partial charge in [0.1, 0.15) is 11.0 Å². The average molecular weight is 552 g/mol. The van der Waals surface area contributed by atoms with E-state index < -0.39 is 47.7 Å². The van der Waals surface area contributed by atoms with Crippen molar-refractivity contribution in [3.63, 3.8) is 0 Å². The van der Waals surface area contributed by atoms with Gasteiger partial charge in [-0.25, -0.2) is 9.67 Å². The summed E-state index contributed by atoms with van der Waals surface area (Å²) in [4.78, 5) is 47.7. The molecule has 11 nitrogen and oxygen atoms in total. The second kappa shape index (κ2) is 11.4. The minimum absolute atomic E-state index is 0.0724. The molecule has 2 heterocycles. The number of halogens is 3. The highest BCUT2D eigenvalue weighted by Crippen LogP contribution is 2.33. The molecule has 1 atom stereocenters. The summed E-state index contributed by atoms with van der Waals surface area (Å²) >= 11 is 1.15. The van der Waals surface area contributed by atoms with E-state index in [1.807, 2.05) is 0 Å². The molecule has 4 rings (SSSR count). The van der Waals surface area contributed by atoms with E-state index in [4.69, 9.17) is 21.1 Å². The lowest BCUT2D eigenvalue weighted by molar-refractivity contribution is -0.144. The molecular formula is C23H19F3N4O7S. The highest BCUT2D eigenvalue weighted by molar-refractivity contribution is 7.18. The van der Waals surface area contributed by atoms with Crippen molar-refractivity contribution in [2.24, 2.45) is 5.73 Å². The van der Waals surface area contributed by atoms with Gasteiger partial charge in [0.15, 0.2) is 0 Å². The standard InChI is InChI=1S/C19H12F3N3O3S.C4H7NO4/c20-19(21,22)10-5-6-15-14(7-10)23-16(29-15)9-25-18(28)12-4-2-1-3-11(12)13(24-25)8-17(26)27;5-2(4(8)9)1-3(6)7/h1-7H,8-9H2,(H,26,27);2H,1,5H2,(H,6,7)(H,8,9). The number of alkyl halides is 3. The molecule has 0 aliphatic carbocycles. The van der Waals surface area contributed by atoms with Crippen LogP contribution in [0.3, 0.4) is 0 Å². The molecule has 2 aromatic carbocycles. The van der Waals surface area contributed by atoms with E-state index in [9.17, 15) is 32.3 Å². The number of carboxylic acid groups (broad SMARTS) is 3. The molecule has 0 aliphatic rings. The molecule has 5 N–H and O–H groups in total. The maximum absolute atomic E-state index is 12.9. The smallest absolute Gasteiger partial charge is 0.416 e. The molecule has 15 heteroatoms. The molecule has 0 amide bonds. The summed E-state index contributed by atoms with van der Waals surface area (Å²) in [7, 11) is 0. The predicted octanol–water partition coefficient (Wildman–Crippen LogP) is 2.57. The Morgan fingerprint density at radius 3 is 2.24 bits per heavy atom. The van der Waals surface area contributed by atoms with E-state index in [1.54, 1.807) is 24.3 Å². The third kappa shape index (κ3) is 6.89. The van der Waals surface area contributed by atoms with Crippen LogP contribution in [-0.4, -0.2) is 54.0 Å². The van der Waals surface area contributed by atoms with E-state index in [0.29, 0.717) is 20.5 Å². The van der Waals surface area contributed by atoms with Crippen molar-refractivity contribution in [3.05, 3.63) is 69.1 Å². The van der Waals surface area contributed by atoms with Crippen molar-refractivity contribution in [1.29, 1.82) is 0 Å². The summed E-state index contributed by atoms with van der Waals surface area (Å²) in [5.41, 5.74) is 4.02. The van der Waals surface area contributed by atoms with Gasteiger partial charge in [0.25, 0.3) is 5.56 Å². The van der Waals surface area contributed by atoms with Crippen molar-refractivity contribution in [3.8, 4) is 0 Å². The summed E-state index contributed by atoms with van der Waals surface area (Å²) in [6.07, 6.45) is -5.37. The fourth-order valence-corrected chi connectivity index (χ4v) is 4.24. The molecule has 0 saturated heterocycles. The molecule has 200 valence electrons. The van der Waals surface area contributed by atoms with Crippen molar-refractivity contribution in [1.82, 2.24) is 14.8 Å². The van der Waals surface area contributed by atoms with Gasteiger partial charge in [0, 0.05) is 5.39 Å². The van der Waals surface area contributed by atoms with Crippen LogP contribution in [0.1, 0.15) is 22.7 Å². The summed E-state index contributed by atoms with van der Waals surface area (Å²) in [5, 5.41) is 30.5. The van der Waals surface area contributed by atoms with E-state index in [0.717, 1.165) is 28.2 Å². The van der Waals surface area contributed by atoms with Gasteiger partial charge in [-0.1, -0.05) is 18.2 Å². The Balaban J connectivity index is 0.000000383. The van der Waals surface area contributed by atoms with Crippen LogP contribution in [0.15, 0.2) is 47.3 Å². The highest BCUT2D eigenvalue weighted by atomic mass is 32.1. The Labute approximate surface area is 214 Å². The van der Waals surface area contributed by atoms with Gasteiger partial charge < -0.3 is 21.1 Å². The minimum atomic E-state index is -4.47. The van der Waals surface area contributed by atoms with Gasteiger partial charge in [-0.2, -0.15) is 18.3 Å². The third-order valence-electron chi connectivity index (χ3n) is 5.02. The van der Waals surface area contributed by atoms with Crippen LogP contribution in [0.25, 0.3) is 21.0 Å². The molecular weight excluding hydrogens is 533 g/mol. The fourth-order valence-electron chi connectivity index (χ4n) is 3.31. The Bertz CT molecular complexity index is 1580. The van der Waals surface area contributed by atoms with Gasteiger partial charge in [0.2, 0.25) is 0 Å². The monoisotopic (exact) mass is 552 g/mol. The number of aromatic nitrogens is 3. The Morgan fingerprint density at radius 1 is 1.03 bits per heavy atom. The number of benzene rings is 2. The first-order chi connectivity index (χ1) is 17.8. The van der Waals surface area contributed by atoms with Gasteiger partial charge in [-0.3, -0.25) is 19.2 Å². The predicted molar refractivity (Wildman–Crippen MR) is 129 cm³/mol. The third-order valence-corrected chi connectivity index (χ3v) is 6.04. The normalized spacial score (nSPS) is 12.1. The molecule has 2 aromatic heterocycles. The van der Waals surface area contributed by atoms with Crippen LogP contribution in [0, 0.1) is 0 Å². The zero-order valence-electron chi connectivity index (χ0n) is 19.2. The van der Waals surface area contributed by atoms with Crippen molar-refractivity contribution in [2.75, 3.05) is 0 Å². The van der Waals surface area contributed by atoms with Gasteiger partial charge >= 0.3 is 24.1 Å². The number of carboxylic acids is 3. The molecule has 1 unspecified atom stereocenters. The maximum Gasteiger partial charge on any atom is 0.416 e. The number of carbonyl (C=O) groups is 3. The molecule has 0 bridgehead atoms. The van der Waals surface area contributed by atoms with Crippen LogP contribution in [0.2, 0.25) is 0 Å². The average Bonchev–Trinajstić information content (AvgIpc) is 3.23. The number of hydrogen-bond acceptors (Lipinski definition) is 8. The van der Waals surface area contributed by atoms with Crippen molar-refractivity contribution >= 4 is 50.2 Å². The van der Waals surface area contributed by atoms with Gasteiger partial charge in [-0.15, -0.1) is 11.3 Å². The summed E-state index contributed by atoms with van der Waals surface area (Å²) in [6.45, 7) is -0.0724. The minimum Gasteiger partial charge on any atom is -0.481 e.